The van der Waals surface area contributed by atoms with Crippen molar-refractivity contribution in [3.63, 3.8) is 0 Å². The van der Waals surface area contributed by atoms with Gasteiger partial charge >= 0.3 is 0 Å². The Kier molecular flexibility index (Phi) is 9.87. The standard InChI is InChI=1S/C18H29Br2N/c1-4-7-8-14(6-3)12-18(21-11-5-2)16-13-15(19)9-10-17(16)20/h9-10,13-14,18,21H,4-8,11-12H2,1-3H3. The highest BCUT2D eigenvalue weighted by atomic mass is 79.9. The molecular weight excluding hydrogens is 390 g/mol. The minimum absolute atomic E-state index is 0.443. The molecule has 21 heavy (non-hydrogen) atoms. The Hall–Kier alpha value is 0.140. The van der Waals surface area contributed by atoms with Crippen LogP contribution < -0.4 is 5.32 Å². The van der Waals surface area contributed by atoms with Crippen molar-refractivity contribution in [3.8, 4) is 0 Å². The van der Waals surface area contributed by atoms with Crippen LogP contribution in [0.15, 0.2) is 27.1 Å². The van der Waals surface area contributed by atoms with Crippen molar-refractivity contribution in [1.82, 2.24) is 5.32 Å². The molecule has 120 valence electrons. The second-order valence-electron chi connectivity index (χ2n) is 5.82. The van der Waals surface area contributed by atoms with Crippen molar-refractivity contribution in [3.05, 3.63) is 32.7 Å². The molecule has 0 saturated heterocycles. The molecule has 2 unspecified atom stereocenters. The predicted molar refractivity (Wildman–Crippen MR) is 101 cm³/mol. The van der Waals surface area contributed by atoms with E-state index >= 15 is 0 Å². The highest BCUT2D eigenvalue weighted by Crippen LogP contribution is 2.32. The third-order valence-corrected chi connectivity index (χ3v) is 5.30. The normalized spacial score (nSPS) is 14.1. The molecule has 3 heteroatoms. The smallest absolute Gasteiger partial charge is 0.0334 e. The molecule has 1 aromatic carbocycles. The summed E-state index contributed by atoms with van der Waals surface area (Å²) in [5.74, 6) is 0.810. The second-order valence-corrected chi connectivity index (χ2v) is 7.59. The Morgan fingerprint density at radius 1 is 1.10 bits per heavy atom. The fourth-order valence-electron chi connectivity index (χ4n) is 2.74. The summed E-state index contributed by atoms with van der Waals surface area (Å²) < 4.78 is 2.37. The van der Waals surface area contributed by atoms with Crippen molar-refractivity contribution in [2.24, 2.45) is 5.92 Å². The largest absolute Gasteiger partial charge is 0.310 e. The number of hydrogen-bond acceptors (Lipinski definition) is 1. The van der Waals surface area contributed by atoms with Gasteiger partial charge in [0.25, 0.3) is 0 Å². The van der Waals surface area contributed by atoms with Crippen LogP contribution in [0.3, 0.4) is 0 Å². The summed E-state index contributed by atoms with van der Waals surface area (Å²) in [6.45, 7) is 7.92. The van der Waals surface area contributed by atoms with Crippen LogP contribution in [0.25, 0.3) is 0 Å². The van der Waals surface area contributed by atoms with E-state index < -0.39 is 0 Å². The highest BCUT2D eigenvalue weighted by molar-refractivity contribution is 9.11. The zero-order valence-electron chi connectivity index (χ0n) is 13.6. The first-order valence-electron chi connectivity index (χ1n) is 8.30. The van der Waals surface area contributed by atoms with Gasteiger partial charge in [0, 0.05) is 15.0 Å². The zero-order valence-corrected chi connectivity index (χ0v) is 16.8. The van der Waals surface area contributed by atoms with Gasteiger partial charge in [0.15, 0.2) is 0 Å². The molecule has 0 bridgehead atoms. The van der Waals surface area contributed by atoms with E-state index in [1.54, 1.807) is 0 Å². The summed E-state index contributed by atoms with van der Waals surface area (Å²) in [6.07, 6.45) is 7.67. The van der Waals surface area contributed by atoms with Crippen LogP contribution in [0.5, 0.6) is 0 Å². The number of unbranched alkanes of at least 4 members (excludes halogenated alkanes) is 1. The van der Waals surface area contributed by atoms with Crippen LogP contribution in [0.4, 0.5) is 0 Å². The molecule has 1 nitrogen and oxygen atoms in total. The molecule has 0 saturated carbocycles. The fraction of sp³-hybridized carbons (Fsp3) is 0.667. The minimum Gasteiger partial charge on any atom is -0.310 e. The van der Waals surface area contributed by atoms with Crippen molar-refractivity contribution in [1.29, 1.82) is 0 Å². The SMILES string of the molecule is CCCCC(CC)CC(NCCC)c1cc(Br)ccc1Br. The first-order chi connectivity index (χ1) is 10.1. The van der Waals surface area contributed by atoms with Gasteiger partial charge in [0.2, 0.25) is 0 Å². The molecule has 0 fully saturated rings. The molecule has 0 aromatic heterocycles. The van der Waals surface area contributed by atoms with Crippen LogP contribution in [-0.2, 0) is 0 Å². The Bertz CT molecular complexity index is 406. The average molecular weight is 419 g/mol. The molecule has 0 aliphatic carbocycles. The lowest BCUT2D eigenvalue weighted by Gasteiger charge is -2.25. The molecule has 1 rings (SSSR count). The Morgan fingerprint density at radius 2 is 1.86 bits per heavy atom. The van der Waals surface area contributed by atoms with Gasteiger partial charge in [0.05, 0.1) is 0 Å². The summed E-state index contributed by atoms with van der Waals surface area (Å²) >= 11 is 7.34. The molecule has 0 amide bonds. The quantitative estimate of drug-likeness (QED) is 0.437. The maximum Gasteiger partial charge on any atom is 0.0334 e. The Morgan fingerprint density at radius 3 is 2.48 bits per heavy atom. The topological polar surface area (TPSA) is 12.0 Å². The van der Waals surface area contributed by atoms with E-state index in [0.29, 0.717) is 6.04 Å². The first-order valence-corrected chi connectivity index (χ1v) is 9.89. The predicted octanol–water partition coefficient (Wildman–Crippen LogP) is 6.86. The number of halogens is 2. The van der Waals surface area contributed by atoms with Crippen LogP contribution in [-0.4, -0.2) is 6.54 Å². The average Bonchev–Trinajstić information content (AvgIpc) is 2.49. The summed E-state index contributed by atoms with van der Waals surface area (Å²) in [7, 11) is 0. The highest BCUT2D eigenvalue weighted by Gasteiger charge is 2.18. The van der Waals surface area contributed by atoms with Gasteiger partial charge < -0.3 is 5.32 Å². The number of hydrogen-bond donors (Lipinski definition) is 1. The fourth-order valence-corrected chi connectivity index (χ4v) is 3.64. The van der Waals surface area contributed by atoms with Gasteiger partial charge in [0.1, 0.15) is 0 Å². The van der Waals surface area contributed by atoms with E-state index in [9.17, 15) is 0 Å². The monoisotopic (exact) mass is 417 g/mol. The number of nitrogens with one attached hydrogen (secondary N) is 1. The Balaban J connectivity index is 2.85. The summed E-state index contributed by atoms with van der Waals surface area (Å²) in [6, 6.07) is 6.94. The second kappa shape index (κ2) is 10.8. The summed E-state index contributed by atoms with van der Waals surface area (Å²) in [5.41, 5.74) is 1.38. The van der Waals surface area contributed by atoms with Gasteiger partial charge in [-0.15, -0.1) is 0 Å². The molecule has 0 aliphatic heterocycles. The molecular formula is C18H29Br2N. The van der Waals surface area contributed by atoms with E-state index in [2.05, 4.69) is 76.1 Å². The van der Waals surface area contributed by atoms with Crippen molar-refractivity contribution in [2.45, 2.75) is 65.3 Å². The summed E-state index contributed by atoms with van der Waals surface area (Å²) in [5, 5.41) is 3.74. The van der Waals surface area contributed by atoms with Gasteiger partial charge in [-0.3, -0.25) is 0 Å². The lowest BCUT2D eigenvalue weighted by Crippen LogP contribution is -2.25. The Labute approximate surface area is 147 Å². The molecule has 0 aliphatic rings. The number of rotatable bonds is 10. The van der Waals surface area contributed by atoms with Crippen LogP contribution in [0.2, 0.25) is 0 Å². The molecule has 0 radical (unpaired) electrons. The van der Waals surface area contributed by atoms with E-state index in [4.69, 9.17) is 0 Å². The lowest BCUT2D eigenvalue weighted by molar-refractivity contribution is 0.353. The third kappa shape index (κ3) is 6.83. The minimum atomic E-state index is 0.443. The van der Waals surface area contributed by atoms with Crippen LogP contribution in [0.1, 0.15) is 70.9 Å². The van der Waals surface area contributed by atoms with E-state index in [-0.39, 0.29) is 0 Å². The maximum absolute atomic E-state index is 3.74. The van der Waals surface area contributed by atoms with E-state index in [1.165, 1.54) is 48.6 Å². The van der Waals surface area contributed by atoms with Gasteiger partial charge in [-0.1, -0.05) is 78.3 Å². The number of benzene rings is 1. The van der Waals surface area contributed by atoms with Gasteiger partial charge in [-0.05, 0) is 49.1 Å². The molecule has 1 aromatic rings. The van der Waals surface area contributed by atoms with Crippen molar-refractivity contribution in [2.75, 3.05) is 6.54 Å². The third-order valence-electron chi connectivity index (χ3n) is 4.09. The first kappa shape index (κ1) is 19.2. The van der Waals surface area contributed by atoms with Crippen molar-refractivity contribution < 1.29 is 0 Å². The van der Waals surface area contributed by atoms with E-state index in [0.717, 1.165) is 16.9 Å². The molecule has 0 heterocycles. The zero-order chi connectivity index (χ0) is 15.7. The van der Waals surface area contributed by atoms with Crippen LogP contribution >= 0.6 is 31.9 Å². The van der Waals surface area contributed by atoms with E-state index in [1.807, 2.05) is 0 Å². The van der Waals surface area contributed by atoms with Gasteiger partial charge in [-0.25, -0.2) is 0 Å². The summed E-state index contributed by atoms with van der Waals surface area (Å²) in [4.78, 5) is 0. The van der Waals surface area contributed by atoms with Crippen molar-refractivity contribution >= 4 is 31.9 Å². The lowest BCUT2D eigenvalue weighted by atomic mass is 9.89. The molecule has 0 spiro atoms. The van der Waals surface area contributed by atoms with Gasteiger partial charge in [-0.2, -0.15) is 0 Å². The van der Waals surface area contributed by atoms with Crippen LogP contribution in [0, 0.1) is 5.92 Å². The maximum atomic E-state index is 3.74. The molecule has 2 atom stereocenters. The molecule has 1 N–H and O–H groups in total.